The van der Waals surface area contributed by atoms with E-state index in [0.717, 1.165) is 5.75 Å². The van der Waals surface area contributed by atoms with Gasteiger partial charge >= 0.3 is 0 Å². The first-order valence-corrected chi connectivity index (χ1v) is 8.69. The highest BCUT2D eigenvalue weighted by Gasteiger charge is 2.42. The Morgan fingerprint density at radius 2 is 1.58 bits per heavy atom. The largest absolute Gasteiger partial charge is 0.488 e. The molecule has 3 N–H and O–H groups in total. The van der Waals surface area contributed by atoms with Crippen molar-refractivity contribution in [3.8, 4) is 5.75 Å². The van der Waals surface area contributed by atoms with Gasteiger partial charge in [0.1, 0.15) is 11.4 Å². The molecule has 1 aromatic carbocycles. The van der Waals surface area contributed by atoms with E-state index < -0.39 is 16.7 Å². The van der Waals surface area contributed by atoms with E-state index in [-0.39, 0.29) is 10.7 Å². The van der Waals surface area contributed by atoms with Crippen LogP contribution in [0, 0.1) is 0 Å². The van der Waals surface area contributed by atoms with Crippen LogP contribution >= 0.6 is 12.6 Å². The molecule has 1 atom stereocenters. The van der Waals surface area contributed by atoms with Crippen molar-refractivity contribution in [1.29, 1.82) is 0 Å². The Morgan fingerprint density at radius 1 is 1.08 bits per heavy atom. The average Bonchev–Trinajstić information content (AvgIpc) is 2.35. The molecule has 24 heavy (non-hydrogen) atoms. The van der Waals surface area contributed by atoms with Gasteiger partial charge < -0.3 is 15.8 Å². The molecule has 0 spiro atoms. The molecule has 0 aliphatic heterocycles. The Bertz CT molecular complexity index is 560. The van der Waals surface area contributed by atoms with E-state index in [1.807, 2.05) is 71.9 Å². The first-order valence-electron chi connectivity index (χ1n) is 8.24. The standard InChI is InChI=1S/C19H32N2O2S/c1-16(2,23-14-11-9-8-10-12-14)13-19(7,20)15(22)21-17(3,4)18(5,6)24/h8-12,24H,13,20H2,1-7H3,(H,21,22). The van der Waals surface area contributed by atoms with Gasteiger partial charge in [-0.25, -0.2) is 0 Å². The number of benzene rings is 1. The minimum Gasteiger partial charge on any atom is -0.488 e. The summed E-state index contributed by atoms with van der Waals surface area (Å²) in [5.74, 6) is 0.551. The van der Waals surface area contributed by atoms with Crippen molar-refractivity contribution in [3.63, 3.8) is 0 Å². The van der Waals surface area contributed by atoms with Gasteiger partial charge in [0.2, 0.25) is 5.91 Å². The number of nitrogens with one attached hydrogen (secondary N) is 1. The summed E-state index contributed by atoms with van der Waals surface area (Å²) < 4.78 is 5.63. The van der Waals surface area contributed by atoms with Crippen LogP contribution in [0.15, 0.2) is 30.3 Å². The van der Waals surface area contributed by atoms with Crippen LogP contribution in [-0.4, -0.2) is 27.3 Å². The molecule has 0 bridgehead atoms. The summed E-state index contributed by atoms with van der Waals surface area (Å²) in [5, 5.41) is 3.03. The molecular formula is C19H32N2O2S. The number of carbonyl (C=O) groups is 1. The molecule has 0 radical (unpaired) electrons. The maximum absolute atomic E-state index is 12.7. The van der Waals surface area contributed by atoms with E-state index in [9.17, 15) is 4.79 Å². The summed E-state index contributed by atoms with van der Waals surface area (Å²) in [6, 6.07) is 9.54. The van der Waals surface area contributed by atoms with Gasteiger partial charge in [0.15, 0.2) is 0 Å². The molecule has 1 unspecified atom stereocenters. The third-order valence-corrected chi connectivity index (χ3v) is 4.96. The fourth-order valence-electron chi connectivity index (χ4n) is 2.39. The van der Waals surface area contributed by atoms with E-state index in [1.165, 1.54) is 0 Å². The topological polar surface area (TPSA) is 64.4 Å². The lowest BCUT2D eigenvalue weighted by Gasteiger charge is -2.42. The normalized spacial score (nSPS) is 15.5. The highest BCUT2D eigenvalue weighted by Crippen LogP contribution is 2.30. The predicted octanol–water partition coefficient (Wildman–Crippen LogP) is 3.55. The van der Waals surface area contributed by atoms with Crippen LogP contribution in [0.5, 0.6) is 5.75 Å². The van der Waals surface area contributed by atoms with Crippen molar-refractivity contribution in [3.05, 3.63) is 30.3 Å². The molecule has 0 saturated heterocycles. The van der Waals surface area contributed by atoms with Crippen molar-refractivity contribution < 1.29 is 9.53 Å². The van der Waals surface area contributed by atoms with Gasteiger partial charge in [-0.15, -0.1) is 0 Å². The number of rotatable bonds is 7. The van der Waals surface area contributed by atoms with E-state index in [0.29, 0.717) is 6.42 Å². The molecule has 5 heteroatoms. The molecule has 4 nitrogen and oxygen atoms in total. The van der Waals surface area contributed by atoms with Crippen LogP contribution in [0.2, 0.25) is 0 Å². The Labute approximate surface area is 151 Å². The fourth-order valence-corrected chi connectivity index (χ4v) is 2.44. The van der Waals surface area contributed by atoms with Gasteiger partial charge in [-0.3, -0.25) is 4.79 Å². The summed E-state index contributed by atoms with van der Waals surface area (Å²) in [5.41, 5.74) is 4.19. The Morgan fingerprint density at radius 3 is 2.04 bits per heavy atom. The zero-order chi connectivity index (χ0) is 18.8. The molecule has 1 rings (SSSR count). The second-order valence-corrected chi connectivity index (χ2v) is 9.53. The van der Waals surface area contributed by atoms with Crippen molar-refractivity contribution >= 4 is 18.5 Å². The minimum atomic E-state index is -1.06. The highest BCUT2D eigenvalue weighted by molar-refractivity contribution is 7.81. The second kappa shape index (κ2) is 6.96. The summed E-state index contributed by atoms with van der Waals surface area (Å²) in [6.45, 7) is 13.4. The second-order valence-electron chi connectivity index (χ2n) is 8.41. The van der Waals surface area contributed by atoms with Crippen LogP contribution in [-0.2, 0) is 4.79 Å². The molecule has 136 valence electrons. The quantitative estimate of drug-likeness (QED) is 0.658. The number of amides is 1. The molecule has 0 aliphatic carbocycles. The van der Waals surface area contributed by atoms with Crippen molar-refractivity contribution in [2.24, 2.45) is 5.73 Å². The number of carbonyl (C=O) groups excluding carboxylic acids is 1. The number of para-hydroxylation sites is 1. The fraction of sp³-hybridized carbons (Fsp3) is 0.632. The summed E-state index contributed by atoms with van der Waals surface area (Å²) in [4.78, 5) is 12.7. The average molecular weight is 353 g/mol. The van der Waals surface area contributed by atoms with Crippen LogP contribution in [0.25, 0.3) is 0 Å². The van der Waals surface area contributed by atoms with Gasteiger partial charge in [-0.2, -0.15) is 12.6 Å². The third-order valence-electron chi connectivity index (χ3n) is 4.40. The first kappa shape index (κ1) is 20.8. The maximum Gasteiger partial charge on any atom is 0.240 e. The summed E-state index contributed by atoms with van der Waals surface area (Å²) in [7, 11) is 0. The van der Waals surface area contributed by atoms with Crippen molar-refractivity contribution in [2.45, 2.75) is 76.3 Å². The molecule has 0 saturated carbocycles. The van der Waals surface area contributed by atoms with Gasteiger partial charge in [-0.05, 0) is 60.6 Å². The third kappa shape index (κ3) is 5.71. The summed E-state index contributed by atoms with van der Waals surface area (Å²) >= 11 is 4.58. The molecular weight excluding hydrogens is 320 g/mol. The minimum absolute atomic E-state index is 0.209. The molecule has 0 fully saturated rings. The number of thiol groups is 1. The van der Waals surface area contributed by atoms with Crippen LogP contribution in [0.3, 0.4) is 0 Å². The SMILES string of the molecule is CC(C)(CC(C)(N)C(=O)NC(C)(C)C(C)(C)S)Oc1ccccc1. The summed E-state index contributed by atoms with van der Waals surface area (Å²) in [6.07, 6.45) is 0.379. The molecule has 1 amide bonds. The predicted molar refractivity (Wildman–Crippen MR) is 104 cm³/mol. The van der Waals surface area contributed by atoms with Gasteiger partial charge in [0.25, 0.3) is 0 Å². The van der Waals surface area contributed by atoms with Gasteiger partial charge in [0.05, 0.1) is 5.54 Å². The maximum atomic E-state index is 12.7. The molecule has 0 aromatic heterocycles. The number of hydrogen-bond donors (Lipinski definition) is 3. The van der Waals surface area contributed by atoms with Crippen molar-refractivity contribution in [2.75, 3.05) is 0 Å². The first-order chi connectivity index (χ1) is 10.7. The lowest BCUT2D eigenvalue weighted by atomic mass is 9.84. The van der Waals surface area contributed by atoms with E-state index in [4.69, 9.17) is 10.5 Å². The lowest BCUT2D eigenvalue weighted by molar-refractivity contribution is -0.129. The van der Waals surface area contributed by atoms with E-state index >= 15 is 0 Å². The van der Waals surface area contributed by atoms with Crippen LogP contribution in [0.4, 0.5) is 0 Å². The van der Waals surface area contributed by atoms with Gasteiger partial charge in [-0.1, -0.05) is 18.2 Å². The smallest absolute Gasteiger partial charge is 0.240 e. The van der Waals surface area contributed by atoms with E-state index in [1.54, 1.807) is 6.92 Å². The molecule has 0 heterocycles. The number of nitrogens with two attached hydrogens (primary N) is 1. The monoisotopic (exact) mass is 352 g/mol. The lowest BCUT2D eigenvalue weighted by Crippen LogP contribution is -2.63. The molecule has 0 aliphatic rings. The van der Waals surface area contributed by atoms with E-state index in [2.05, 4.69) is 17.9 Å². The Balaban J connectivity index is 2.82. The number of hydrogen-bond acceptors (Lipinski definition) is 4. The Hall–Kier alpha value is -1.20. The Kier molecular flexibility index (Phi) is 6.05. The van der Waals surface area contributed by atoms with Crippen molar-refractivity contribution in [1.82, 2.24) is 5.32 Å². The van der Waals surface area contributed by atoms with Crippen LogP contribution < -0.4 is 15.8 Å². The van der Waals surface area contributed by atoms with Crippen LogP contribution in [0.1, 0.15) is 54.9 Å². The zero-order valence-corrected chi connectivity index (χ0v) is 16.8. The highest BCUT2D eigenvalue weighted by atomic mass is 32.1. The zero-order valence-electron chi connectivity index (χ0n) is 15.9. The van der Waals surface area contributed by atoms with Gasteiger partial charge in [0, 0.05) is 16.7 Å². The number of ether oxygens (including phenoxy) is 1. The molecule has 1 aromatic rings.